The second-order valence-corrected chi connectivity index (χ2v) is 6.97. The zero-order chi connectivity index (χ0) is 13.0. The van der Waals surface area contributed by atoms with Gasteiger partial charge in [-0.3, -0.25) is 4.72 Å². The highest BCUT2D eigenvalue weighted by Gasteiger charge is 2.15. The standard InChI is InChI=1S/C11H12N2O2S3/c1-16-8-9-3-2-4-10(7-9)18(14,15)13-11-12-5-6-17-11/h2-7H,8H2,1H3,(H,12,13). The first-order chi connectivity index (χ1) is 8.62. The van der Waals surface area contributed by atoms with Crippen LogP contribution in [0.1, 0.15) is 5.56 Å². The Hall–Kier alpha value is -1.05. The van der Waals surface area contributed by atoms with Gasteiger partial charge in [0.2, 0.25) is 0 Å². The number of nitrogens with zero attached hydrogens (tertiary/aromatic N) is 1. The van der Waals surface area contributed by atoms with Gasteiger partial charge in [-0.2, -0.15) is 11.8 Å². The number of hydrogen-bond acceptors (Lipinski definition) is 5. The Morgan fingerprint density at radius 2 is 2.28 bits per heavy atom. The predicted molar refractivity (Wildman–Crippen MR) is 76.6 cm³/mol. The second-order valence-electron chi connectivity index (χ2n) is 3.52. The molecule has 2 rings (SSSR count). The Bertz CT molecular complexity index is 609. The molecule has 0 aliphatic carbocycles. The van der Waals surface area contributed by atoms with E-state index in [1.54, 1.807) is 41.5 Å². The van der Waals surface area contributed by atoms with Crippen LogP contribution in [0.5, 0.6) is 0 Å². The van der Waals surface area contributed by atoms with Gasteiger partial charge in [-0.15, -0.1) is 11.3 Å². The summed E-state index contributed by atoms with van der Waals surface area (Å²) in [4.78, 5) is 4.18. The lowest BCUT2D eigenvalue weighted by atomic mass is 10.2. The molecule has 0 aliphatic rings. The number of anilines is 1. The van der Waals surface area contributed by atoms with Crippen LogP contribution in [0.2, 0.25) is 0 Å². The molecule has 7 heteroatoms. The fourth-order valence-electron chi connectivity index (χ4n) is 1.42. The summed E-state index contributed by atoms with van der Waals surface area (Å²) in [6.45, 7) is 0. The molecule has 1 heterocycles. The molecule has 0 atom stereocenters. The SMILES string of the molecule is CSCc1cccc(S(=O)(=O)Nc2nccs2)c1. The predicted octanol–water partition coefficient (Wildman–Crippen LogP) is 2.81. The van der Waals surface area contributed by atoms with E-state index in [0.29, 0.717) is 5.13 Å². The minimum atomic E-state index is -3.54. The molecule has 2 aromatic rings. The van der Waals surface area contributed by atoms with E-state index >= 15 is 0 Å². The van der Waals surface area contributed by atoms with E-state index < -0.39 is 10.0 Å². The van der Waals surface area contributed by atoms with Gasteiger partial charge in [0.05, 0.1) is 4.90 Å². The van der Waals surface area contributed by atoms with Crippen LogP contribution >= 0.6 is 23.1 Å². The normalized spacial score (nSPS) is 11.4. The highest BCUT2D eigenvalue weighted by atomic mass is 32.2. The molecule has 0 bridgehead atoms. The summed E-state index contributed by atoms with van der Waals surface area (Å²) in [6, 6.07) is 6.94. The topological polar surface area (TPSA) is 59.1 Å². The fourth-order valence-corrected chi connectivity index (χ4v) is 3.79. The van der Waals surface area contributed by atoms with E-state index in [2.05, 4.69) is 9.71 Å². The van der Waals surface area contributed by atoms with Crippen molar-refractivity contribution in [3.05, 3.63) is 41.4 Å². The van der Waals surface area contributed by atoms with Gasteiger partial charge in [0.15, 0.2) is 5.13 Å². The molecule has 0 aliphatic heterocycles. The lowest BCUT2D eigenvalue weighted by Gasteiger charge is -2.06. The third-order valence-electron chi connectivity index (χ3n) is 2.17. The lowest BCUT2D eigenvalue weighted by molar-refractivity contribution is 0.601. The van der Waals surface area contributed by atoms with Crippen LogP contribution in [0.3, 0.4) is 0 Å². The summed E-state index contributed by atoms with van der Waals surface area (Å²) in [5.41, 5.74) is 0.990. The van der Waals surface area contributed by atoms with Gasteiger partial charge in [0.1, 0.15) is 0 Å². The molecule has 18 heavy (non-hydrogen) atoms. The van der Waals surface area contributed by atoms with E-state index in [0.717, 1.165) is 11.3 Å². The maximum Gasteiger partial charge on any atom is 0.263 e. The van der Waals surface area contributed by atoms with Gasteiger partial charge in [0.25, 0.3) is 10.0 Å². The fraction of sp³-hybridized carbons (Fsp3) is 0.182. The van der Waals surface area contributed by atoms with Crippen molar-refractivity contribution in [2.45, 2.75) is 10.6 Å². The van der Waals surface area contributed by atoms with E-state index in [9.17, 15) is 8.42 Å². The molecule has 0 spiro atoms. The molecule has 0 unspecified atom stereocenters. The third kappa shape index (κ3) is 3.24. The number of hydrogen-bond donors (Lipinski definition) is 1. The lowest BCUT2D eigenvalue weighted by Crippen LogP contribution is -2.12. The van der Waals surface area contributed by atoms with Gasteiger partial charge < -0.3 is 0 Å². The average Bonchev–Trinajstić information content (AvgIpc) is 2.82. The van der Waals surface area contributed by atoms with Gasteiger partial charge in [-0.1, -0.05) is 12.1 Å². The molecule has 0 fully saturated rings. The monoisotopic (exact) mass is 300 g/mol. The summed E-state index contributed by atoms with van der Waals surface area (Å²) < 4.78 is 26.7. The Balaban J connectivity index is 2.26. The number of nitrogens with one attached hydrogen (secondary N) is 1. The molecule has 0 saturated carbocycles. The third-order valence-corrected chi connectivity index (χ3v) is 4.95. The zero-order valence-corrected chi connectivity index (χ0v) is 12.1. The van der Waals surface area contributed by atoms with Gasteiger partial charge in [-0.25, -0.2) is 13.4 Å². The molecular formula is C11H12N2O2S3. The molecule has 1 aromatic carbocycles. The molecule has 0 radical (unpaired) electrons. The molecule has 0 amide bonds. The van der Waals surface area contributed by atoms with Crippen molar-refractivity contribution in [2.24, 2.45) is 0 Å². The first-order valence-corrected chi connectivity index (χ1v) is 8.88. The Morgan fingerprint density at radius 3 is 2.94 bits per heavy atom. The van der Waals surface area contributed by atoms with Crippen LogP contribution in [0.25, 0.3) is 0 Å². The number of sulfonamides is 1. The molecule has 0 saturated heterocycles. The molecule has 96 valence electrons. The second kappa shape index (κ2) is 5.73. The van der Waals surface area contributed by atoms with Crippen LogP contribution in [-0.4, -0.2) is 19.7 Å². The van der Waals surface area contributed by atoms with Crippen molar-refractivity contribution in [1.29, 1.82) is 0 Å². The van der Waals surface area contributed by atoms with E-state index in [1.807, 2.05) is 12.3 Å². The van der Waals surface area contributed by atoms with Crippen LogP contribution in [0.15, 0.2) is 40.7 Å². The first-order valence-electron chi connectivity index (χ1n) is 5.12. The van der Waals surface area contributed by atoms with Crippen LogP contribution in [-0.2, 0) is 15.8 Å². The van der Waals surface area contributed by atoms with E-state index in [-0.39, 0.29) is 4.90 Å². The highest BCUT2D eigenvalue weighted by Crippen LogP contribution is 2.19. The Morgan fingerprint density at radius 1 is 1.44 bits per heavy atom. The van der Waals surface area contributed by atoms with Crippen molar-refractivity contribution in [1.82, 2.24) is 4.98 Å². The molecule has 1 aromatic heterocycles. The number of rotatable bonds is 5. The number of thiazole rings is 1. The smallest absolute Gasteiger partial charge is 0.255 e. The average molecular weight is 300 g/mol. The first kappa shape index (κ1) is 13.4. The highest BCUT2D eigenvalue weighted by molar-refractivity contribution is 7.97. The van der Waals surface area contributed by atoms with E-state index in [1.165, 1.54) is 11.3 Å². The zero-order valence-electron chi connectivity index (χ0n) is 9.66. The van der Waals surface area contributed by atoms with Crippen LogP contribution in [0, 0.1) is 0 Å². The van der Waals surface area contributed by atoms with Crippen LogP contribution < -0.4 is 4.72 Å². The summed E-state index contributed by atoms with van der Waals surface area (Å²) in [5.74, 6) is 0.792. The van der Waals surface area contributed by atoms with Gasteiger partial charge >= 0.3 is 0 Å². The van der Waals surface area contributed by atoms with Crippen molar-refractivity contribution in [3.63, 3.8) is 0 Å². The number of benzene rings is 1. The van der Waals surface area contributed by atoms with Crippen molar-refractivity contribution in [3.8, 4) is 0 Å². The summed E-state index contributed by atoms with van der Waals surface area (Å²) >= 11 is 2.91. The van der Waals surface area contributed by atoms with Crippen molar-refractivity contribution >= 4 is 38.3 Å². The maximum atomic E-state index is 12.1. The minimum Gasteiger partial charge on any atom is -0.255 e. The van der Waals surface area contributed by atoms with Gasteiger partial charge in [-0.05, 0) is 24.0 Å². The Labute approximate surface area is 115 Å². The van der Waals surface area contributed by atoms with Crippen molar-refractivity contribution < 1.29 is 8.42 Å². The van der Waals surface area contributed by atoms with Crippen molar-refractivity contribution in [2.75, 3.05) is 11.0 Å². The summed E-state index contributed by atoms with van der Waals surface area (Å²) in [6.07, 6.45) is 3.54. The number of thioether (sulfide) groups is 1. The molecule has 4 nitrogen and oxygen atoms in total. The Kier molecular flexibility index (Phi) is 4.26. The quantitative estimate of drug-likeness (QED) is 0.922. The summed E-state index contributed by atoms with van der Waals surface area (Å²) in [7, 11) is -3.54. The minimum absolute atomic E-state index is 0.268. The van der Waals surface area contributed by atoms with Gasteiger partial charge in [0, 0.05) is 17.3 Å². The molecule has 1 N–H and O–H groups in total. The molecular weight excluding hydrogens is 288 g/mol. The maximum absolute atomic E-state index is 12.1. The van der Waals surface area contributed by atoms with Crippen LogP contribution in [0.4, 0.5) is 5.13 Å². The largest absolute Gasteiger partial charge is 0.263 e. The summed E-state index contributed by atoms with van der Waals surface area (Å²) in [5, 5.41) is 2.10. The van der Waals surface area contributed by atoms with E-state index in [4.69, 9.17) is 0 Å². The number of aromatic nitrogens is 1.